The maximum Gasteiger partial charge on any atom is 0.326 e. The smallest absolute Gasteiger partial charge is 0.326 e. The Balaban J connectivity index is 2.36. The number of hydrogen-bond acceptors (Lipinski definition) is 5. The molecule has 21 heavy (non-hydrogen) atoms. The lowest BCUT2D eigenvalue weighted by atomic mass is 10.2. The van der Waals surface area contributed by atoms with Crippen LogP contribution in [0.2, 0.25) is 0 Å². The molecule has 1 heterocycles. The third kappa shape index (κ3) is 6.08. The van der Waals surface area contributed by atoms with Gasteiger partial charge >= 0.3 is 12.0 Å². The zero-order chi connectivity index (χ0) is 15.8. The van der Waals surface area contributed by atoms with Gasteiger partial charge in [-0.2, -0.15) is 0 Å². The van der Waals surface area contributed by atoms with Gasteiger partial charge in [-0.1, -0.05) is 0 Å². The van der Waals surface area contributed by atoms with Crippen LogP contribution in [0.5, 0.6) is 0 Å². The van der Waals surface area contributed by atoms with Crippen LogP contribution in [-0.2, 0) is 14.4 Å². The molecule has 0 aromatic rings. The Morgan fingerprint density at radius 2 is 1.86 bits per heavy atom. The van der Waals surface area contributed by atoms with Gasteiger partial charge in [0.15, 0.2) is 0 Å². The molecule has 4 amide bonds. The second-order valence-corrected chi connectivity index (χ2v) is 4.52. The van der Waals surface area contributed by atoms with E-state index in [9.17, 15) is 19.2 Å². The molecule has 0 spiro atoms. The molecule has 118 valence electrons. The first kappa shape index (κ1) is 16.7. The zero-order valence-corrected chi connectivity index (χ0v) is 11.4. The van der Waals surface area contributed by atoms with Gasteiger partial charge in [0, 0.05) is 26.2 Å². The van der Waals surface area contributed by atoms with Gasteiger partial charge in [-0.05, 0) is 0 Å². The molecule has 10 heteroatoms. The standard InChI is InChI=1S/C11H19N5O5/c12-8(17)5-7(10(19)20)15-11(21)14-6-9(18)16-3-1-13-2-4-16/h7,13H,1-6H2,(H2,12,17)(H,19,20)(H2,14,15,21)/t7-/m0/s1. The van der Waals surface area contributed by atoms with Crippen molar-refractivity contribution in [3.63, 3.8) is 0 Å². The minimum atomic E-state index is -1.42. The maximum absolute atomic E-state index is 11.8. The number of nitrogens with two attached hydrogens (primary N) is 1. The lowest BCUT2D eigenvalue weighted by Gasteiger charge is -2.27. The first-order valence-corrected chi connectivity index (χ1v) is 6.44. The van der Waals surface area contributed by atoms with Gasteiger partial charge in [0.05, 0.1) is 13.0 Å². The number of urea groups is 1. The van der Waals surface area contributed by atoms with Gasteiger partial charge in [-0.25, -0.2) is 9.59 Å². The highest BCUT2D eigenvalue weighted by atomic mass is 16.4. The highest BCUT2D eigenvalue weighted by molar-refractivity contribution is 5.89. The van der Waals surface area contributed by atoms with Crippen LogP contribution in [0, 0.1) is 0 Å². The minimum absolute atomic E-state index is 0.241. The van der Waals surface area contributed by atoms with Crippen molar-refractivity contribution in [1.82, 2.24) is 20.9 Å². The van der Waals surface area contributed by atoms with Gasteiger partial charge in [-0.15, -0.1) is 0 Å². The Morgan fingerprint density at radius 3 is 2.38 bits per heavy atom. The molecule has 1 rings (SSSR count). The van der Waals surface area contributed by atoms with Crippen LogP contribution in [-0.4, -0.2) is 72.6 Å². The number of nitrogens with zero attached hydrogens (tertiary/aromatic N) is 1. The Morgan fingerprint density at radius 1 is 1.24 bits per heavy atom. The van der Waals surface area contributed by atoms with Crippen LogP contribution in [0.15, 0.2) is 0 Å². The fraction of sp³-hybridized carbons (Fsp3) is 0.636. The van der Waals surface area contributed by atoms with Crippen molar-refractivity contribution < 1.29 is 24.3 Å². The molecule has 1 aliphatic heterocycles. The summed E-state index contributed by atoms with van der Waals surface area (Å²) in [7, 11) is 0. The molecule has 0 bridgehead atoms. The number of rotatable bonds is 6. The van der Waals surface area contributed by atoms with Crippen molar-refractivity contribution in [2.45, 2.75) is 12.5 Å². The summed E-state index contributed by atoms with van der Waals surface area (Å²) < 4.78 is 0. The van der Waals surface area contributed by atoms with Crippen LogP contribution < -0.4 is 21.7 Å². The predicted octanol–water partition coefficient (Wildman–Crippen LogP) is -2.95. The van der Waals surface area contributed by atoms with E-state index in [2.05, 4.69) is 16.0 Å². The summed E-state index contributed by atoms with van der Waals surface area (Å²) in [6, 6.07) is -2.26. The molecule has 6 N–H and O–H groups in total. The number of carboxylic acid groups (broad SMARTS) is 1. The quantitative estimate of drug-likeness (QED) is 0.353. The summed E-state index contributed by atoms with van der Waals surface area (Å²) in [6.45, 7) is 2.26. The first-order chi connectivity index (χ1) is 9.90. The average Bonchev–Trinajstić information content (AvgIpc) is 2.44. The van der Waals surface area contributed by atoms with E-state index in [4.69, 9.17) is 10.8 Å². The Hall–Kier alpha value is -2.36. The van der Waals surface area contributed by atoms with E-state index in [-0.39, 0.29) is 12.5 Å². The van der Waals surface area contributed by atoms with Crippen LogP contribution in [0.25, 0.3) is 0 Å². The van der Waals surface area contributed by atoms with E-state index in [1.807, 2.05) is 0 Å². The van der Waals surface area contributed by atoms with Crippen LogP contribution in [0.4, 0.5) is 4.79 Å². The van der Waals surface area contributed by atoms with Gasteiger partial charge in [-0.3, -0.25) is 9.59 Å². The van der Waals surface area contributed by atoms with Crippen LogP contribution in [0.1, 0.15) is 6.42 Å². The topological polar surface area (TPSA) is 154 Å². The molecule has 0 aliphatic carbocycles. The number of hydrogen-bond donors (Lipinski definition) is 5. The number of carbonyl (C=O) groups is 4. The van der Waals surface area contributed by atoms with Gasteiger partial charge in [0.1, 0.15) is 6.04 Å². The number of carbonyl (C=O) groups excluding carboxylic acids is 3. The summed E-state index contributed by atoms with van der Waals surface area (Å²) in [6.07, 6.45) is -0.519. The molecule has 1 atom stereocenters. The average molecular weight is 301 g/mol. The molecule has 1 fully saturated rings. The van der Waals surface area contributed by atoms with Crippen molar-refractivity contribution in [1.29, 1.82) is 0 Å². The monoisotopic (exact) mass is 301 g/mol. The maximum atomic E-state index is 11.8. The van der Waals surface area contributed by atoms with E-state index >= 15 is 0 Å². The molecule has 1 saturated heterocycles. The number of carboxylic acids is 1. The second kappa shape index (κ2) is 8.04. The lowest BCUT2D eigenvalue weighted by molar-refractivity contribution is -0.140. The Kier molecular flexibility index (Phi) is 6.40. The predicted molar refractivity (Wildman–Crippen MR) is 71.2 cm³/mol. The van der Waals surface area contributed by atoms with Crippen molar-refractivity contribution in [2.75, 3.05) is 32.7 Å². The van der Waals surface area contributed by atoms with Crippen molar-refractivity contribution >= 4 is 23.8 Å². The Labute approximate surface area is 121 Å². The molecule has 1 aliphatic rings. The molecular formula is C11H19N5O5. The number of piperazine rings is 1. The number of primary amides is 1. The third-order valence-corrected chi connectivity index (χ3v) is 2.88. The number of aliphatic carboxylic acids is 1. The first-order valence-electron chi connectivity index (χ1n) is 6.44. The molecule has 0 aromatic heterocycles. The largest absolute Gasteiger partial charge is 0.480 e. The van der Waals surface area contributed by atoms with E-state index < -0.39 is 30.4 Å². The third-order valence-electron chi connectivity index (χ3n) is 2.88. The minimum Gasteiger partial charge on any atom is -0.480 e. The van der Waals surface area contributed by atoms with E-state index in [0.29, 0.717) is 26.2 Å². The Bertz CT molecular complexity index is 421. The summed E-state index contributed by atoms with van der Waals surface area (Å²) in [5.41, 5.74) is 4.89. The van der Waals surface area contributed by atoms with E-state index in [1.54, 1.807) is 4.90 Å². The highest BCUT2D eigenvalue weighted by Crippen LogP contribution is 1.93. The van der Waals surface area contributed by atoms with Crippen molar-refractivity contribution in [2.24, 2.45) is 5.73 Å². The number of nitrogens with one attached hydrogen (secondary N) is 3. The van der Waals surface area contributed by atoms with E-state index in [0.717, 1.165) is 0 Å². The fourth-order valence-corrected chi connectivity index (χ4v) is 1.79. The zero-order valence-electron chi connectivity index (χ0n) is 11.4. The summed E-state index contributed by atoms with van der Waals surface area (Å²) in [4.78, 5) is 46.4. The van der Waals surface area contributed by atoms with Gasteiger partial charge in [0.25, 0.3) is 0 Å². The van der Waals surface area contributed by atoms with Crippen LogP contribution in [0.3, 0.4) is 0 Å². The summed E-state index contributed by atoms with van der Waals surface area (Å²) in [5, 5.41) is 16.2. The SMILES string of the molecule is NC(=O)C[C@H](NC(=O)NCC(=O)N1CCNCC1)C(=O)O. The molecule has 0 radical (unpaired) electrons. The summed E-state index contributed by atoms with van der Waals surface area (Å²) >= 11 is 0. The second-order valence-electron chi connectivity index (χ2n) is 4.52. The van der Waals surface area contributed by atoms with Crippen molar-refractivity contribution in [3.05, 3.63) is 0 Å². The van der Waals surface area contributed by atoms with Gasteiger partial charge in [0.2, 0.25) is 11.8 Å². The van der Waals surface area contributed by atoms with Crippen LogP contribution >= 0.6 is 0 Å². The molecule has 0 saturated carbocycles. The molecular weight excluding hydrogens is 282 g/mol. The molecule has 0 unspecified atom stereocenters. The molecule has 0 aromatic carbocycles. The normalized spacial score (nSPS) is 15.9. The van der Waals surface area contributed by atoms with Crippen molar-refractivity contribution in [3.8, 4) is 0 Å². The summed E-state index contributed by atoms with van der Waals surface area (Å²) in [5.74, 6) is -2.48. The highest BCUT2D eigenvalue weighted by Gasteiger charge is 2.23. The van der Waals surface area contributed by atoms with E-state index in [1.165, 1.54) is 0 Å². The fourth-order valence-electron chi connectivity index (χ4n) is 1.79. The number of amides is 4. The molecule has 10 nitrogen and oxygen atoms in total. The van der Waals surface area contributed by atoms with Gasteiger partial charge < -0.3 is 31.7 Å². The lowest BCUT2D eigenvalue weighted by Crippen LogP contribution is -2.52.